The van der Waals surface area contributed by atoms with Crippen LogP contribution >= 0.6 is 23.1 Å². The van der Waals surface area contributed by atoms with Gasteiger partial charge in [-0.3, -0.25) is 4.79 Å². The molecule has 2 rings (SSSR count). The van der Waals surface area contributed by atoms with Gasteiger partial charge in [0, 0.05) is 13.1 Å². The number of amides is 1. The summed E-state index contributed by atoms with van der Waals surface area (Å²) in [5.41, 5.74) is 5.52. The molecule has 0 radical (unpaired) electrons. The fourth-order valence-electron chi connectivity index (χ4n) is 1.96. The van der Waals surface area contributed by atoms with E-state index in [1.54, 1.807) is 0 Å². The first-order valence-corrected chi connectivity index (χ1v) is 7.80. The Balaban J connectivity index is 1.88. The number of carbonyl (C=O) groups is 1. The van der Waals surface area contributed by atoms with Gasteiger partial charge in [0.15, 0.2) is 4.34 Å². The molecule has 1 amide bonds. The third-order valence-corrected chi connectivity index (χ3v) is 5.07. The summed E-state index contributed by atoms with van der Waals surface area (Å²) in [6.07, 6.45) is 2.21. The number of thioether (sulfide) groups is 1. The second-order valence-corrected chi connectivity index (χ2v) is 7.27. The van der Waals surface area contributed by atoms with Crippen LogP contribution in [-0.4, -0.2) is 39.3 Å². The molecule has 1 aromatic heterocycles. The molecule has 7 heteroatoms. The van der Waals surface area contributed by atoms with Crippen molar-refractivity contribution in [3.63, 3.8) is 0 Å². The van der Waals surface area contributed by atoms with Crippen LogP contribution in [0.25, 0.3) is 0 Å². The van der Waals surface area contributed by atoms with E-state index in [9.17, 15) is 4.79 Å². The van der Waals surface area contributed by atoms with E-state index in [2.05, 4.69) is 17.1 Å². The lowest BCUT2D eigenvalue weighted by Gasteiger charge is -2.31. The van der Waals surface area contributed by atoms with Gasteiger partial charge < -0.3 is 10.6 Å². The van der Waals surface area contributed by atoms with Gasteiger partial charge in [-0.05, 0) is 25.7 Å². The van der Waals surface area contributed by atoms with Crippen LogP contribution in [0.4, 0.5) is 5.13 Å². The SMILES string of the molecule is CC1CCN(C(=O)[C@@H](C)Sc2nnc(N)s2)CC1. The zero-order valence-corrected chi connectivity index (χ0v) is 12.3. The standard InChI is InChI=1S/C11H18N4OS2/c1-7-3-5-15(6-4-7)9(16)8(2)17-11-14-13-10(12)18-11/h7-8H,3-6H2,1-2H3,(H2,12,13)/t8-/m1/s1. The Morgan fingerprint density at radius 2 is 2.17 bits per heavy atom. The maximum atomic E-state index is 12.2. The predicted molar refractivity (Wildman–Crippen MR) is 74.6 cm³/mol. The molecule has 1 saturated heterocycles. The third-order valence-electron chi connectivity index (χ3n) is 3.14. The molecule has 0 aromatic carbocycles. The van der Waals surface area contributed by atoms with Gasteiger partial charge in [-0.2, -0.15) is 0 Å². The number of rotatable bonds is 3. The average molecular weight is 286 g/mol. The first-order chi connectivity index (χ1) is 8.56. The smallest absolute Gasteiger partial charge is 0.235 e. The van der Waals surface area contributed by atoms with Crippen molar-refractivity contribution in [1.29, 1.82) is 0 Å². The zero-order chi connectivity index (χ0) is 13.1. The molecule has 1 fully saturated rings. The van der Waals surface area contributed by atoms with E-state index >= 15 is 0 Å². The fourth-order valence-corrected chi connectivity index (χ4v) is 3.82. The second kappa shape index (κ2) is 5.88. The first-order valence-electron chi connectivity index (χ1n) is 6.10. The van der Waals surface area contributed by atoms with E-state index in [1.165, 1.54) is 23.1 Å². The van der Waals surface area contributed by atoms with Gasteiger partial charge in [-0.1, -0.05) is 30.0 Å². The third kappa shape index (κ3) is 3.35. The van der Waals surface area contributed by atoms with E-state index in [4.69, 9.17) is 5.73 Å². The number of hydrogen-bond acceptors (Lipinski definition) is 6. The number of nitrogen functional groups attached to an aromatic ring is 1. The van der Waals surface area contributed by atoms with Crippen molar-refractivity contribution in [3.8, 4) is 0 Å². The number of likely N-dealkylation sites (tertiary alicyclic amines) is 1. The molecular weight excluding hydrogens is 268 g/mol. The molecule has 5 nitrogen and oxygen atoms in total. The molecule has 1 aliphatic heterocycles. The van der Waals surface area contributed by atoms with Gasteiger partial charge in [0.1, 0.15) is 0 Å². The van der Waals surface area contributed by atoms with Gasteiger partial charge in [0.2, 0.25) is 11.0 Å². The minimum Gasteiger partial charge on any atom is -0.374 e. The minimum atomic E-state index is -0.120. The van der Waals surface area contributed by atoms with Crippen LogP contribution in [0.2, 0.25) is 0 Å². The summed E-state index contributed by atoms with van der Waals surface area (Å²) >= 11 is 2.77. The number of hydrogen-bond donors (Lipinski definition) is 1. The van der Waals surface area contributed by atoms with Gasteiger partial charge in [0.05, 0.1) is 5.25 Å². The van der Waals surface area contributed by atoms with Crippen molar-refractivity contribution in [3.05, 3.63) is 0 Å². The lowest BCUT2D eigenvalue weighted by Crippen LogP contribution is -2.41. The fraction of sp³-hybridized carbons (Fsp3) is 0.727. The molecule has 1 aromatic rings. The Morgan fingerprint density at radius 1 is 1.50 bits per heavy atom. The van der Waals surface area contributed by atoms with Gasteiger partial charge in [-0.25, -0.2) is 0 Å². The number of nitrogens with two attached hydrogens (primary N) is 1. The molecular formula is C11H18N4OS2. The van der Waals surface area contributed by atoms with Crippen molar-refractivity contribution in [2.24, 2.45) is 5.92 Å². The summed E-state index contributed by atoms with van der Waals surface area (Å²) < 4.78 is 0.763. The van der Waals surface area contributed by atoms with Gasteiger partial charge >= 0.3 is 0 Å². The van der Waals surface area contributed by atoms with E-state index < -0.39 is 0 Å². The van der Waals surface area contributed by atoms with Crippen LogP contribution in [0.15, 0.2) is 4.34 Å². The van der Waals surface area contributed by atoms with Crippen LogP contribution in [0, 0.1) is 5.92 Å². The van der Waals surface area contributed by atoms with Crippen molar-refractivity contribution in [2.45, 2.75) is 36.3 Å². The number of aromatic nitrogens is 2. The Kier molecular flexibility index (Phi) is 4.45. The van der Waals surface area contributed by atoms with Crippen LogP contribution in [0.5, 0.6) is 0 Å². The number of piperidine rings is 1. The maximum absolute atomic E-state index is 12.2. The molecule has 0 aliphatic carbocycles. The molecule has 100 valence electrons. The maximum Gasteiger partial charge on any atom is 0.235 e. The van der Waals surface area contributed by atoms with Crippen LogP contribution in [-0.2, 0) is 4.79 Å². The monoisotopic (exact) mass is 286 g/mol. The number of anilines is 1. The van der Waals surface area contributed by atoms with Crippen molar-refractivity contribution in [2.75, 3.05) is 18.8 Å². The summed E-state index contributed by atoms with van der Waals surface area (Å²) in [6.45, 7) is 5.92. The molecule has 0 unspecified atom stereocenters. The summed E-state index contributed by atoms with van der Waals surface area (Å²) in [6, 6.07) is 0. The van der Waals surface area contributed by atoms with E-state index in [0.29, 0.717) is 5.13 Å². The van der Waals surface area contributed by atoms with E-state index in [-0.39, 0.29) is 11.2 Å². The molecule has 0 bridgehead atoms. The normalized spacial score (nSPS) is 18.9. The van der Waals surface area contributed by atoms with Gasteiger partial charge in [-0.15, -0.1) is 10.2 Å². The summed E-state index contributed by atoms with van der Waals surface area (Å²) in [5.74, 6) is 0.931. The van der Waals surface area contributed by atoms with Crippen molar-refractivity contribution in [1.82, 2.24) is 15.1 Å². The molecule has 0 saturated carbocycles. The van der Waals surface area contributed by atoms with Crippen molar-refractivity contribution < 1.29 is 4.79 Å². The number of nitrogens with zero attached hydrogens (tertiary/aromatic N) is 3. The Labute approximate surface area is 115 Å². The summed E-state index contributed by atoms with van der Waals surface area (Å²) in [5, 5.41) is 8.01. The Morgan fingerprint density at radius 3 is 2.72 bits per heavy atom. The highest BCUT2D eigenvalue weighted by molar-refractivity contribution is 8.02. The van der Waals surface area contributed by atoms with Crippen molar-refractivity contribution >= 4 is 34.1 Å². The first kappa shape index (κ1) is 13.6. The van der Waals surface area contributed by atoms with E-state index in [1.807, 2.05) is 11.8 Å². The Bertz CT molecular complexity index is 415. The molecule has 0 spiro atoms. The molecule has 2 N–H and O–H groups in total. The summed E-state index contributed by atoms with van der Waals surface area (Å²) in [4.78, 5) is 14.2. The van der Waals surface area contributed by atoms with Crippen LogP contribution in [0.3, 0.4) is 0 Å². The highest BCUT2D eigenvalue weighted by atomic mass is 32.2. The molecule has 18 heavy (non-hydrogen) atoms. The largest absolute Gasteiger partial charge is 0.374 e. The number of carbonyl (C=O) groups excluding carboxylic acids is 1. The summed E-state index contributed by atoms with van der Waals surface area (Å²) in [7, 11) is 0. The zero-order valence-electron chi connectivity index (χ0n) is 10.6. The average Bonchev–Trinajstić information content (AvgIpc) is 2.75. The van der Waals surface area contributed by atoms with Crippen LogP contribution < -0.4 is 5.73 Å². The quantitative estimate of drug-likeness (QED) is 0.859. The highest BCUT2D eigenvalue weighted by Gasteiger charge is 2.25. The van der Waals surface area contributed by atoms with Gasteiger partial charge in [0.25, 0.3) is 0 Å². The molecule has 2 heterocycles. The predicted octanol–water partition coefficient (Wildman–Crippen LogP) is 1.86. The minimum absolute atomic E-state index is 0.120. The molecule has 1 aliphatic rings. The molecule has 1 atom stereocenters. The lowest BCUT2D eigenvalue weighted by atomic mass is 9.99. The highest BCUT2D eigenvalue weighted by Crippen LogP contribution is 2.29. The second-order valence-electron chi connectivity index (χ2n) is 4.67. The lowest BCUT2D eigenvalue weighted by molar-refractivity contribution is -0.131. The van der Waals surface area contributed by atoms with E-state index in [0.717, 1.165) is 36.2 Å². The van der Waals surface area contributed by atoms with Crippen LogP contribution in [0.1, 0.15) is 26.7 Å². The topological polar surface area (TPSA) is 72.1 Å². The Hall–Kier alpha value is -0.820.